The molecule has 0 saturated heterocycles. The highest BCUT2D eigenvalue weighted by Crippen LogP contribution is 2.38. The van der Waals surface area contributed by atoms with Gasteiger partial charge in [0, 0.05) is 22.8 Å². The molecule has 3 aromatic carbocycles. The van der Waals surface area contributed by atoms with Gasteiger partial charge >= 0.3 is 0 Å². The Bertz CT molecular complexity index is 1170. The lowest BCUT2D eigenvalue weighted by molar-refractivity contribution is -0.120. The summed E-state index contributed by atoms with van der Waals surface area (Å²) in [5, 5.41) is 1.01. The Balaban J connectivity index is 1.90. The molecule has 0 N–H and O–H groups in total. The van der Waals surface area contributed by atoms with E-state index in [2.05, 4.69) is 0 Å². The van der Waals surface area contributed by atoms with Gasteiger partial charge in [-0.05, 0) is 54.4 Å². The number of aryl methyl sites for hydroxylation is 1. The molecular formula is C24H18Cl2N2O2. The van der Waals surface area contributed by atoms with E-state index in [4.69, 9.17) is 23.2 Å². The third-order valence-corrected chi connectivity index (χ3v) is 5.57. The SMILES string of the molecule is Cc1ccc(Cl)cc1N1C(=O)C(c2ccc(Cl)cc2)=C(N(C)c2ccccc2)C1=O. The monoisotopic (exact) mass is 436 g/mol. The van der Waals surface area contributed by atoms with Crippen molar-refractivity contribution >= 4 is 52.0 Å². The van der Waals surface area contributed by atoms with Crippen molar-refractivity contribution in [2.24, 2.45) is 0 Å². The lowest BCUT2D eigenvalue weighted by Gasteiger charge is -2.22. The van der Waals surface area contributed by atoms with Crippen molar-refractivity contribution in [2.75, 3.05) is 16.8 Å². The molecule has 150 valence electrons. The standard InChI is InChI=1S/C24H18Cl2N2O2/c1-15-8-11-18(26)14-20(15)28-23(29)21(16-9-12-17(25)13-10-16)22(24(28)30)27(2)19-6-4-3-5-7-19/h3-14H,1-2H3. The molecule has 0 saturated carbocycles. The Morgan fingerprint density at radius 1 is 0.800 bits per heavy atom. The van der Waals surface area contributed by atoms with E-state index in [9.17, 15) is 9.59 Å². The molecule has 1 aliphatic rings. The average Bonchev–Trinajstić information content (AvgIpc) is 3.00. The van der Waals surface area contributed by atoms with Gasteiger partial charge < -0.3 is 4.90 Å². The number of halogens is 2. The molecule has 30 heavy (non-hydrogen) atoms. The van der Waals surface area contributed by atoms with Crippen molar-refractivity contribution in [3.05, 3.63) is 99.7 Å². The van der Waals surface area contributed by atoms with Gasteiger partial charge in [-0.25, -0.2) is 4.90 Å². The maximum Gasteiger partial charge on any atom is 0.282 e. The zero-order valence-electron chi connectivity index (χ0n) is 16.4. The number of imide groups is 1. The summed E-state index contributed by atoms with van der Waals surface area (Å²) in [5.74, 6) is -0.799. The molecule has 0 radical (unpaired) electrons. The van der Waals surface area contributed by atoms with E-state index in [1.807, 2.05) is 37.3 Å². The van der Waals surface area contributed by atoms with Crippen molar-refractivity contribution < 1.29 is 9.59 Å². The molecule has 4 nitrogen and oxygen atoms in total. The van der Waals surface area contributed by atoms with Crippen LogP contribution in [0.2, 0.25) is 10.0 Å². The zero-order valence-corrected chi connectivity index (χ0v) is 17.9. The summed E-state index contributed by atoms with van der Waals surface area (Å²) in [6.07, 6.45) is 0. The van der Waals surface area contributed by atoms with Crippen LogP contribution in [0.1, 0.15) is 11.1 Å². The van der Waals surface area contributed by atoms with Gasteiger partial charge in [-0.1, -0.05) is 59.6 Å². The van der Waals surface area contributed by atoms with Gasteiger partial charge in [0.1, 0.15) is 5.70 Å². The molecule has 6 heteroatoms. The normalized spacial score (nSPS) is 13.9. The van der Waals surface area contributed by atoms with E-state index >= 15 is 0 Å². The topological polar surface area (TPSA) is 40.6 Å². The molecule has 0 aliphatic carbocycles. The van der Waals surface area contributed by atoms with Gasteiger partial charge in [-0.3, -0.25) is 9.59 Å². The summed E-state index contributed by atoms with van der Waals surface area (Å²) in [6, 6.07) is 21.5. The fourth-order valence-corrected chi connectivity index (χ4v) is 3.82. The lowest BCUT2D eigenvalue weighted by atomic mass is 10.0. The molecule has 0 bridgehead atoms. The van der Waals surface area contributed by atoms with Gasteiger partial charge in [-0.2, -0.15) is 0 Å². The molecule has 0 fully saturated rings. The number of anilines is 2. The fourth-order valence-electron chi connectivity index (χ4n) is 3.53. The molecule has 0 aromatic heterocycles. The van der Waals surface area contributed by atoms with E-state index in [-0.39, 0.29) is 0 Å². The summed E-state index contributed by atoms with van der Waals surface area (Å²) in [5.41, 5.74) is 3.29. The Morgan fingerprint density at radius 3 is 2.10 bits per heavy atom. The van der Waals surface area contributed by atoms with Crippen molar-refractivity contribution in [3.63, 3.8) is 0 Å². The first-order valence-corrected chi connectivity index (χ1v) is 10.1. The minimum Gasteiger partial charge on any atom is -0.339 e. The molecule has 1 aliphatic heterocycles. The predicted molar refractivity (Wildman–Crippen MR) is 122 cm³/mol. The van der Waals surface area contributed by atoms with Gasteiger partial charge in [0.05, 0.1) is 11.3 Å². The first-order valence-electron chi connectivity index (χ1n) is 9.32. The summed E-state index contributed by atoms with van der Waals surface area (Å²) in [7, 11) is 1.78. The highest BCUT2D eigenvalue weighted by molar-refractivity contribution is 6.46. The third kappa shape index (κ3) is 3.49. The maximum absolute atomic E-state index is 13.6. The van der Waals surface area contributed by atoms with E-state index in [0.717, 1.165) is 11.3 Å². The van der Waals surface area contributed by atoms with Crippen LogP contribution in [0.25, 0.3) is 5.57 Å². The second-order valence-corrected chi connectivity index (χ2v) is 7.87. The quantitative estimate of drug-likeness (QED) is 0.490. The number of nitrogens with zero attached hydrogens (tertiary/aromatic N) is 2. The lowest BCUT2D eigenvalue weighted by Crippen LogP contribution is -2.34. The van der Waals surface area contributed by atoms with Crippen molar-refractivity contribution in [1.29, 1.82) is 0 Å². The van der Waals surface area contributed by atoms with Gasteiger partial charge in [0.15, 0.2) is 0 Å². The predicted octanol–water partition coefficient (Wildman–Crippen LogP) is 5.72. The van der Waals surface area contributed by atoms with Crippen LogP contribution >= 0.6 is 23.2 Å². The maximum atomic E-state index is 13.6. The van der Waals surface area contributed by atoms with E-state index < -0.39 is 11.8 Å². The molecule has 3 aromatic rings. The van der Waals surface area contributed by atoms with Crippen molar-refractivity contribution in [1.82, 2.24) is 0 Å². The van der Waals surface area contributed by atoms with Crippen molar-refractivity contribution in [2.45, 2.75) is 6.92 Å². The molecule has 0 atom stereocenters. The molecule has 4 rings (SSSR count). The third-order valence-electron chi connectivity index (χ3n) is 5.08. The van der Waals surface area contributed by atoms with Crippen LogP contribution in [0, 0.1) is 6.92 Å². The zero-order chi connectivity index (χ0) is 21.4. The number of benzene rings is 3. The molecular weight excluding hydrogens is 419 g/mol. The van der Waals surface area contributed by atoms with Gasteiger partial charge in [0.25, 0.3) is 11.8 Å². The minimum atomic E-state index is -0.401. The fraction of sp³-hybridized carbons (Fsp3) is 0.0833. The molecule has 1 heterocycles. The Kier molecular flexibility index (Phi) is 5.37. The van der Waals surface area contributed by atoms with Crippen LogP contribution in [0.3, 0.4) is 0 Å². The number of hydrogen-bond acceptors (Lipinski definition) is 3. The Hall–Kier alpha value is -3.08. The average molecular weight is 437 g/mol. The number of para-hydroxylation sites is 1. The number of hydrogen-bond donors (Lipinski definition) is 0. The second-order valence-electron chi connectivity index (χ2n) is 7.00. The van der Waals surface area contributed by atoms with E-state index in [1.54, 1.807) is 54.4 Å². The van der Waals surface area contributed by atoms with E-state index in [1.165, 1.54) is 4.90 Å². The first-order chi connectivity index (χ1) is 14.4. The van der Waals surface area contributed by atoms with Crippen LogP contribution in [0.15, 0.2) is 78.5 Å². The Morgan fingerprint density at radius 2 is 1.43 bits per heavy atom. The summed E-state index contributed by atoms with van der Waals surface area (Å²) in [4.78, 5) is 30.1. The van der Waals surface area contributed by atoms with Gasteiger partial charge in [-0.15, -0.1) is 0 Å². The van der Waals surface area contributed by atoms with Crippen molar-refractivity contribution in [3.8, 4) is 0 Å². The Labute approximate surface area is 184 Å². The summed E-state index contributed by atoms with van der Waals surface area (Å²) in [6.45, 7) is 1.84. The second kappa shape index (κ2) is 7.98. The molecule has 0 spiro atoms. The van der Waals surface area contributed by atoms with Crippen LogP contribution in [0.4, 0.5) is 11.4 Å². The van der Waals surface area contributed by atoms with Crippen LogP contribution in [-0.4, -0.2) is 18.9 Å². The van der Waals surface area contributed by atoms with Crippen LogP contribution < -0.4 is 9.80 Å². The largest absolute Gasteiger partial charge is 0.339 e. The number of carbonyl (C=O) groups excluding carboxylic acids is 2. The smallest absolute Gasteiger partial charge is 0.282 e. The molecule has 0 unspecified atom stereocenters. The van der Waals surface area contributed by atoms with Crippen LogP contribution in [0.5, 0.6) is 0 Å². The number of carbonyl (C=O) groups is 2. The van der Waals surface area contributed by atoms with E-state index in [0.29, 0.717) is 32.6 Å². The summed E-state index contributed by atoms with van der Waals surface area (Å²) < 4.78 is 0. The van der Waals surface area contributed by atoms with Gasteiger partial charge in [0.2, 0.25) is 0 Å². The number of likely N-dealkylation sites (N-methyl/N-ethyl adjacent to an activating group) is 1. The molecule has 2 amide bonds. The summed E-state index contributed by atoms with van der Waals surface area (Å²) >= 11 is 12.2. The van der Waals surface area contributed by atoms with Crippen LogP contribution in [-0.2, 0) is 9.59 Å². The number of amides is 2. The highest BCUT2D eigenvalue weighted by Gasteiger charge is 2.42. The number of rotatable bonds is 4. The minimum absolute atomic E-state index is 0.299. The first kappa shape index (κ1) is 20.2. The highest BCUT2D eigenvalue weighted by atomic mass is 35.5.